The summed E-state index contributed by atoms with van der Waals surface area (Å²) in [5.74, 6) is 1.09. The number of carbonyl (C=O) groups excluding carboxylic acids is 1. The van der Waals surface area contributed by atoms with Crippen molar-refractivity contribution in [3.8, 4) is 17.3 Å². The maximum absolute atomic E-state index is 12.1. The van der Waals surface area contributed by atoms with E-state index in [4.69, 9.17) is 13.7 Å². The van der Waals surface area contributed by atoms with Gasteiger partial charge in [-0.2, -0.15) is 0 Å². The number of methoxy groups -OCH3 is 1. The van der Waals surface area contributed by atoms with E-state index in [0.717, 1.165) is 0 Å². The Balaban J connectivity index is 1.80. The van der Waals surface area contributed by atoms with Crippen molar-refractivity contribution in [2.24, 2.45) is 0 Å². The highest BCUT2D eigenvalue weighted by molar-refractivity contribution is 6.04. The number of rotatable bonds is 4. The zero-order chi connectivity index (χ0) is 14.7. The lowest BCUT2D eigenvalue weighted by Crippen LogP contribution is -2.12. The highest BCUT2D eigenvalue weighted by Crippen LogP contribution is 2.25. The fraction of sp³-hybridized carbons (Fsp3) is 0.0667. The van der Waals surface area contributed by atoms with Gasteiger partial charge in [0.15, 0.2) is 11.5 Å². The number of nitrogens with zero attached hydrogens (tertiary/aromatic N) is 1. The van der Waals surface area contributed by atoms with Crippen molar-refractivity contribution >= 4 is 11.6 Å². The fourth-order valence-corrected chi connectivity index (χ4v) is 1.85. The normalized spacial score (nSPS) is 10.3. The third-order valence-electron chi connectivity index (χ3n) is 2.86. The Kier molecular flexibility index (Phi) is 3.42. The highest BCUT2D eigenvalue weighted by Gasteiger charge is 2.16. The van der Waals surface area contributed by atoms with Crippen molar-refractivity contribution in [3.63, 3.8) is 0 Å². The van der Waals surface area contributed by atoms with Gasteiger partial charge in [0.1, 0.15) is 5.75 Å². The number of nitrogens with one attached hydrogen (secondary N) is 1. The minimum atomic E-state index is -0.388. The molecule has 0 fully saturated rings. The number of hydrogen-bond acceptors (Lipinski definition) is 5. The zero-order valence-corrected chi connectivity index (χ0v) is 11.2. The van der Waals surface area contributed by atoms with Gasteiger partial charge >= 0.3 is 0 Å². The molecule has 2 aromatic heterocycles. The number of para-hydroxylation sites is 2. The molecule has 6 nitrogen and oxygen atoms in total. The molecule has 0 aliphatic rings. The third-order valence-corrected chi connectivity index (χ3v) is 2.86. The summed E-state index contributed by atoms with van der Waals surface area (Å²) in [7, 11) is 1.54. The molecular weight excluding hydrogens is 272 g/mol. The highest BCUT2D eigenvalue weighted by atomic mass is 16.5. The van der Waals surface area contributed by atoms with E-state index < -0.39 is 0 Å². The number of amides is 1. The van der Waals surface area contributed by atoms with Gasteiger partial charge in [-0.1, -0.05) is 17.3 Å². The Morgan fingerprint density at radius 3 is 2.81 bits per heavy atom. The van der Waals surface area contributed by atoms with E-state index in [0.29, 0.717) is 23.0 Å². The second-order valence-corrected chi connectivity index (χ2v) is 4.21. The monoisotopic (exact) mass is 284 g/mol. The lowest BCUT2D eigenvalue weighted by atomic mass is 10.2. The second kappa shape index (κ2) is 5.54. The van der Waals surface area contributed by atoms with Crippen LogP contribution >= 0.6 is 0 Å². The molecule has 0 bridgehead atoms. The van der Waals surface area contributed by atoms with Gasteiger partial charge in [-0.05, 0) is 24.3 Å². The largest absolute Gasteiger partial charge is 0.495 e. The van der Waals surface area contributed by atoms with Crippen molar-refractivity contribution in [1.29, 1.82) is 0 Å². The SMILES string of the molecule is COc1ccccc1NC(=O)c1cc(-c2ccco2)on1. The molecule has 0 spiro atoms. The summed E-state index contributed by atoms with van der Waals surface area (Å²) in [6.07, 6.45) is 1.52. The van der Waals surface area contributed by atoms with Gasteiger partial charge < -0.3 is 19.0 Å². The first-order valence-electron chi connectivity index (χ1n) is 6.23. The van der Waals surface area contributed by atoms with Crippen LogP contribution in [0.3, 0.4) is 0 Å². The van der Waals surface area contributed by atoms with Crippen LogP contribution in [-0.4, -0.2) is 18.2 Å². The van der Waals surface area contributed by atoms with Gasteiger partial charge in [-0.15, -0.1) is 0 Å². The minimum absolute atomic E-state index is 0.160. The number of ether oxygens (including phenoxy) is 1. The maximum Gasteiger partial charge on any atom is 0.277 e. The van der Waals surface area contributed by atoms with Crippen molar-refractivity contribution < 1.29 is 18.5 Å². The molecule has 3 aromatic rings. The molecule has 2 heterocycles. The van der Waals surface area contributed by atoms with Crippen molar-refractivity contribution in [2.75, 3.05) is 12.4 Å². The molecule has 0 saturated carbocycles. The van der Waals surface area contributed by atoms with Gasteiger partial charge in [0, 0.05) is 6.07 Å². The molecule has 0 aliphatic carbocycles. The molecule has 1 N–H and O–H groups in total. The first kappa shape index (κ1) is 13.0. The van der Waals surface area contributed by atoms with Gasteiger partial charge in [-0.3, -0.25) is 4.79 Å². The summed E-state index contributed by atoms with van der Waals surface area (Å²) in [4.78, 5) is 12.1. The van der Waals surface area contributed by atoms with Crippen LogP contribution in [0.1, 0.15) is 10.5 Å². The predicted molar refractivity (Wildman–Crippen MR) is 75.2 cm³/mol. The number of anilines is 1. The van der Waals surface area contributed by atoms with E-state index in [9.17, 15) is 4.79 Å². The number of carbonyl (C=O) groups is 1. The molecule has 1 amide bonds. The van der Waals surface area contributed by atoms with Gasteiger partial charge in [0.25, 0.3) is 5.91 Å². The molecule has 0 radical (unpaired) electrons. The Morgan fingerprint density at radius 1 is 1.19 bits per heavy atom. The Hall–Kier alpha value is -3.02. The smallest absolute Gasteiger partial charge is 0.277 e. The molecule has 0 saturated heterocycles. The molecule has 0 unspecified atom stereocenters. The summed E-state index contributed by atoms with van der Waals surface area (Å²) < 4.78 is 15.4. The Labute approximate surface area is 120 Å². The summed E-state index contributed by atoms with van der Waals surface area (Å²) in [5.41, 5.74) is 0.722. The number of aromatic nitrogens is 1. The van der Waals surface area contributed by atoms with Crippen LogP contribution in [0.2, 0.25) is 0 Å². The van der Waals surface area contributed by atoms with Crippen molar-refractivity contribution in [1.82, 2.24) is 5.16 Å². The topological polar surface area (TPSA) is 77.5 Å². The summed E-state index contributed by atoms with van der Waals surface area (Å²) >= 11 is 0. The minimum Gasteiger partial charge on any atom is -0.495 e. The number of benzene rings is 1. The van der Waals surface area contributed by atoms with Crippen LogP contribution in [0.15, 0.2) is 57.7 Å². The molecular formula is C15H12N2O4. The van der Waals surface area contributed by atoms with Crippen LogP contribution in [0.25, 0.3) is 11.5 Å². The molecule has 3 rings (SSSR count). The number of hydrogen-bond donors (Lipinski definition) is 1. The lowest BCUT2D eigenvalue weighted by molar-refractivity contribution is 0.101. The molecule has 106 valence electrons. The van der Waals surface area contributed by atoms with E-state index in [1.54, 1.807) is 30.3 Å². The first-order chi connectivity index (χ1) is 10.3. The van der Waals surface area contributed by atoms with Gasteiger partial charge in [-0.25, -0.2) is 0 Å². The Morgan fingerprint density at radius 2 is 2.05 bits per heavy atom. The van der Waals surface area contributed by atoms with Crippen LogP contribution in [0.4, 0.5) is 5.69 Å². The van der Waals surface area contributed by atoms with Gasteiger partial charge in [0.05, 0.1) is 19.1 Å². The second-order valence-electron chi connectivity index (χ2n) is 4.21. The fourth-order valence-electron chi connectivity index (χ4n) is 1.85. The van der Waals surface area contributed by atoms with E-state index >= 15 is 0 Å². The lowest BCUT2D eigenvalue weighted by Gasteiger charge is -2.07. The van der Waals surface area contributed by atoms with Crippen molar-refractivity contribution in [3.05, 3.63) is 54.4 Å². The van der Waals surface area contributed by atoms with E-state index in [2.05, 4.69) is 10.5 Å². The molecule has 21 heavy (non-hydrogen) atoms. The molecule has 1 aromatic carbocycles. The van der Waals surface area contributed by atoms with Crippen LogP contribution in [-0.2, 0) is 0 Å². The number of furan rings is 1. The van der Waals surface area contributed by atoms with Crippen LogP contribution in [0.5, 0.6) is 5.75 Å². The predicted octanol–water partition coefficient (Wildman–Crippen LogP) is 3.20. The third kappa shape index (κ3) is 2.64. The van der Waals surface area contributed by atoms with E-state index in [1.807, 2.05) is 6.07 Å². The molecule has 6 heteroatoms. The van der Waals surface area contributed by atoms with E-state index in [1.165, 1.54) is 19.4 Å². The molecule has 0 atom stereocenters. The molecule has 0 aliphatic heterocycles. The van der Waals surface area contributed by atoms with Gasteiger partial charge in [0.2, 0.25) is 5.76 Å². The Bertz CT molecular complexity index is 747. The summed E-state index contributed by atoms with van der Waals surface area (Å²) in [6, 6.07) is 12.1. The van der Waals surface area contributed by atoms with E-state index in [-0.39, 0.29) is 11.6 Å². The average Bonchev–Trinajstić information content (AvgIpc) is 3.18. The zero-order valence-electron chi connectivity index (χ0n) is 11.2. The van der Waals surface area contributed by atoms with Crippen LogP contribution in [0, 0.1) is 0 Å². The summed E-state index contributed by atoms with van der Waals surface area (Å²) in [6.45, 7) is 0. The first-order valence-corrected chi connectivity index (χ1v) is 6.23. The maximum atomic E-state index is 12.1. The average molecular weight is 284 g/mol. The standard InChI is InChI=1S/C15H12N2O4/c1-19-12-6-3-2-5-10(12)16-15(18)11-9-14(21-17-11)13-7-4-8-20-13/h2-9H,1H3,(H,16,18). The van der Waals surface area contributed by atoms with Crippen LogP contribution < -0.4 is 10.1 Å². The summed E-state index contributed by atoms with van der Waals surface area (Å²) in [5, 5.41) is 6.46. The quantitative estimate of drug-likeness (QED) is 0.796. The van der Waals surface area contributed by atoms with Crippen molar-refractivity contribution in [2.45, 2.75) is 0 Å².